The minimum Gasteiger partial charge on any atom is -0.449 e. The third kappa shape index (κ3) is 4.05. The number of hydrogen-bond donors (Lipinski definition) is 2. The minimum atomic E-state index is -0.492. The van der Waals surface area contributed by atoms with E-state index in [9.17, 15) is 4.79 Å². The van der Waals surface area contributed by atoms with Crippen molar-refractivity contribution in [3.8, 4) is 23.0 Å². The van der Waals surface area contributed by atoms with Gasteiger partial charge in [-0.25, -0.2) is 4.79 Å². The second kappa shape index (κ2) is 8.81. The van der Waals surface area contributed by atoms with Gasteiger partial charge in [-0.1, -0.05) is 90.8 Å². The first-order valence-electron chi connectivity index (χ1n) is 9.61. The molecule has 1 aliphatic carbocycles. The van der Waals surface area contributed by atoms with Gasteiger partial charge >= 0.3 is 6.09 Å². The molecule has 3 N–H and O–H groups in total. The predicted molar refractivity (Wildman–Crippen MR) is 122 cm³/mol. The van der Waals surface area contributed by atoms with Crippen LogP contribution in [0.3, 0.4) is 0 Å². The summed E-state index contributed by atoms with van der Waals surface area (Å²) in [4.78, 5) is 12.5. The fourth-order valence-electron chi connectivity index (χ4n) is 3.71. The van der Waals surface area contributed by atoms with Crippen molar-refractivity contribution in [1.82, 2.24) is 5.32 Å². The summed E-state index contributed by atoms with van der Waals surface area (Å²) in [6.07, 6.45) is -0.492. The van der Waals surface area contributed by atoms with E-state index < -0.39 is 6.09 Å². The lowest BCUT2D eigenvalue weighted by molar-refractivity contribution is 0.144. The smallest absolute Gasteiger partial charge is 0.407 e. The number of hydrogen-bond acceptors (Lipinski definition) is 3. The Bertz CT molecular complexity index is 1130. The molecule has 5 heteroatoms. The second-order valence-electron chi connectivity index (χ2n) is 6.89. The number of carbonyl (C=O) groups excluding carboxylic acids is 1. The summed E-state index contributed by atoms with van der Waals surface area (Å²) >= 11 is 5.03. The van der Waals surface area contributed by atoms with E-state index in [1.807, 2.05) is 48.5 Å². The van der Waals surface area contributed by atoms with Crippen molar-refractivity contribution >= 4 is 23.3 Å². The molecule has 1 aliphatic rings. The van der Waals surface area contributed by atoms with E-state index in [2.05, 4.69) is 41.4 Å². The van der Waals surface area contributed by atoms with Crippen LogP contribution in [-0.4, -0.2) is 24.2 Å². The fraction of sp³-hybridized carbons (Fsp3) is 0.120. The zero-order valence-corrected chi connectivity index (χ0v) is 17.0. The topological polar surface area (TPSA) is 64.3 Å². The van der Waals surface area contributed by atoms with E-state index >= 15 is 0 Å². The van der Waals surface area contributed by atoms with Crippen molar-refractivity contribution in [2.45, 2.75) is 5.92 Å². The molecule has 0 atom stereocenters. The molecule has 3 aromatic rings. The van der Waals surface area contributed by atoms with Gasteiger partial charge in [0, 0.05) is 17.0 Å². The molecule has 1 amide bonds. The van der Waals surface area contributed by atoms with Crippen molar-refractivity contribution in [2.75, 3.05) is 13.2 Å². The summed E-state index contributed by atoms with van der Waals surface area (Å²) in [5.41, 5.74) is 11.9. The molecule has 0 aromatic heterocycles. The lowest BCUT2D eigenvalue weighted by Gasteiger charge is -2.14. The van der Waals surface area contributed by atoms with Crippen LogP contribution in [0.15, 0.2) is 72.8 Å². The number of rotatable bonds is 4. The fourth-order valence-corrected chi connectivity index (χ4v) is 3.89. The number of nitrogens with one attached hydrogen (secondary N) is 1. The Morgan fingerprint density at radius 1 is 0.967 bits per heavy atom. The van der Waals surface area contributed by atoms with Crippen molar-refractivity contribution < 1.29 is 9.53 Å². The van der Waals surface area contributed by atoms with Crippen LogP contribution in [0.4, 0.5) is 4.79 Å². The lowest BCUT2D eigenvalue weighted by atomic mass is 9.98. The maximum absolute atomic E-state index is 12.2. The van der Waals surface area contributed by atoms with E-state index in [1.165, 1.54) is 22.3 Å². The van der Waals surface area contributed by atoms with Crippen molar-refractivity contribution in [2.24, 2.45) is 5.73 Å². The highest BCUT2D eigenvalue weighted by Crippen LogP contribution is 2.44. The van der Waals surface area contributed by atoms with Crippen LogP contribution in [0, 0.1) is 11.8 Å². The van der Waals surface area contributed by atoms with E-state index in [0.717, 1.165) is 11.1 Å². The Kier molecular flexibility index (Phi) is 5.78. The van der Waals surface area contributed by atoms with Gasteiger partial charge in [0.15, 0.2) is 0 Å². The molecule has 4 rings (SSSR count). The first-order chi connectivity index (χ1) is 14.6. The van der Waals surface area contributed by atoms with Crippen molar-refractivity contribution in [3.05, 3.63) is 95.1 Å². The summed E-state index contributed by atoms with van der Waals surface area (Å²) in [6, 6.07) is 23.9. The summed E-state index contributed by atoms with van der Waals surface area (Å²) in [5, 5.41) is 2.67. The van der Waals surface area contributed by atoms with Gasteiger partial charge in [0.1, 0.15) is 11.6 Å². The Morgan fingerprint density at radius 2 is 1.57 bits per heavy atom. The number of carbonyl (C=O) groups is 1. The Balaban J connectivity index is 1.36. The number of ether oxygens (including phenoxy) is 1. The Morgan fingerprint density at radius 3 is 2.23 bits per heavy atom. The van der Waals surface area contributed by atoms with Gasteiger partial charge in [0.2, 0.25) is 0 Å². The number of amides is 1. The number of thiocarbonyl (C=S) groups is 1. The highest BCUT2D eigenvalue weighted by Gasteiger charge is 2.28. The minimum absolute atomic E-state index is 0.0340. The van der Waals surface area contributed by atoms with Crippen LogP contribution in [0.2, 0.25) is 0 Å². The van der Waals surface area contributed by atoms with Gasteiger partial charge in [0.05, 0.1) is 6.54 Å². The zero-order chi connectivity index (χ0) is 20.9. The first-order valence-corrected chi connectivity index (χ1v) is 10.0. The zero-order valence-electron chi connectivity index (χ0n) is 16.2. The standard InChI is InChI=1S/C25H20N2O2S/c26-24(30)18-10-2-1-8-17(18)9-7-15-27-25(28)29-16-23-21-13-5-3-11-19(21)20-12-4-6-14-22(20)23/h1-6,8,10-14,23H,15-16H2,(H2,26,30)(H,27,28). The molecule has 4 nitrogen and oxygen atoms in total. The van der Waals surface area contributed by atoms with Crippen LogP contribution in [-0.2, 0) is 4.74 Å². The average Bonchev–Trinajstić information content (AvgIpc) is 3.09. The SMILES string of the molecule is NC(=S)c1ccccc1C#CCNC(=O)OCC1c2ccccc2-c2ccccc21. The maximum Gasteiger partial charge on any atom is 0.407 e. The maximum atomic E-state index is 12.2. The molecule has 0 radical (unpaired) electrons. The third-order valence-electron chi connectivity index (χ3n) is 5.08. The molecule has 3 aromatic carbocycles. The number of nitrogens with two attached hydrogens (primary N) is 1. The molecule has 148 valence electrons. The van der Waals surface area contributed by atoms with Crippen LogP contribution < -0.4 is 11.1 Å². The quantitative estimate of drug-likeness (QED) is 0.498. The highest BCUT2D eigenvalue weighted by molar-refractivity contribution is 7.80. The van der Waals surface area contributed by atoms with Crippen LogP contribution in [0.1, 0.15) is 28.2 Å². The summed E-state index contributed by atoms with van der Waals surface area (Å²) in [7, 11) is 0. The third-order valence-corrected chi connectivity index (χ3v) is 5.30. The summed E-state index contributed by atoms with van der Waals surface area (Å²) in [5.74, 6) is 5.93. The van der Waals surface area contributed by atoms with Gasteiger partial charge in [-0.05, 0) is 28.3 Å². The lowest BCUT2D eigenvalue weighted by Crippen LogP contribution is -2.26. The van der Waals surface area contributed by atoms with E-state index in [4.69, 9.17) is 22.7 Å². The van der Waals surface area contributed by atoms with Gasteiger partial charge in [0.25, 0.3) is 0 Å². The van der Waals surface area contributed by atoms with Gasteiger partial charge in [-0.15, -0.1) is 0 Å². The second-order valence-corrected chi connectivity index (χ2v) is 7.33. The molecule has 0 aliphatic heterocycles. The highest BCUT2D eigenvalue weighted by atomic mass is 32.1. The molecule has 0 heterocycles. The molecule has 0 fully saturated rings. The van der Waals surface area contributed by atoms with Crippen molar-refractivity contribution in [1.29, 1.82) is 0 Å². The van der Waals surface area contributed by atoms with E-state index in [0.29, 0.717) is 4.99 Å². The number of benzene rings is 3. The molecular formula is C25H20N2O2S. The normalized spacial score (nSPS) is 11.6. The van der Waals surface area contributed by atoms with E-state index in [-0.39, 0.29) is 19.1 Å². The van der Waals surface area contributed by atoms with Gasteiger partial charge in [-0.2, -0.15) is 0 Å². The molecule has 30 heavy (non-hydrogen) atoms. The molecule has 0 spiro atoms. The summed E-state index contributed by atoms with van der Waals surface area (Å²) in [6.45, 7) is 0.444. The number of alkyl carbamates (subject to hydrolysis) is 1. The van der Waals surface area contributed by atoms with Crippen LogP contribution >= 0.6 is 12.2 Å². The van der Waals surface area contributed by atoms with Gasteiger partial charge in [-0.3, -0.25) is 0 Å². The molecule has 0 unspecified atom stereocenters. The Labute approximate surface area is 181 Å². The molecule has 0 saturated carbocycles. The first kappa shape index (κ1) is 19.7. The summed E-state index contributed by atoms with van der Waals surface area (Å²) < 4.78 is 5.50. The average molecular weight is 413 g/mol. The predicted octanol–water partition coefficient (Wildman–Crippen LogP) is 4.21. The van der Waals surface area contributed by atoms with E-state index in [1.54, 1.807) is 0 Å². The van der Waals surface area contributed by atoms with Crippen LogP contribution in [0.25, 0.3) is 11.1 Å². The Hall–Kier alpha value is -3.62. The molecule has 0 bridgehead atoms. The monoisotopic (exact) mass is 412 g/mol. The molecular weight excluding hydrogens is 392 g/mol. The van der Waals surface area contributed by atoms with Crippen LogP contribution in [0.5, 0.6) is 0 Å². The van der Waals surface area contributed by atoms with Crippen molar-refractivity contribution in [3.63, 3.8) is 0 Å². The van der Waals surface area contributed by atoms with Gasteiger partial charge < -0.3 is 15.8 Å². The molecule has 0 saturated heterocycles. The number of fused-ring (bicyclic) bond motifs is 3. The largest absolute Gasteiger partial charge is 0.449 e.